The average molecular weight is 236 g/mol. The van der Waals surface area contributed by atoms with Gasteiger partial charge in [-0.1, -0.05) is 0 Å². The molecule has 0 bridgehead atoms. The number of halogens is 1. The molecule has 6 nitrogen and oxygen atoms in total. The summed E-state index contributed by atoms with van der Waals surface area (Å²) in [5.41, 5.74) is -0.455. The molecule has 0 aliphatic carbocycles. The molecular weight excluding hydrogens is 227 g/mol. The maximum absolute atomic E-state index is 13.1. The van der Waals surface area contributed by atoms with Crippen molar-refractivity contribution in [1.82, 2.24) is 19.9 Å². The molecular formula is C10H9FN4O2. The molecule has 7 heteroatoms. The van der Waals surface area contributed by atoms with Gasteiger partial charge in [0.15, 0.2) is 5.82 Å². The zero-order valence-electron chi connectivity index (χ0n) is 9.19. The largest absolute Gasteiger partial charge is 0.481 e. The van der Waals surface area contributed by atoms with E-state index in [2.05, 4.69) is 19.9 Å². The second kappa shape index (κ2) is 4.28. The van der Waals surface area contributed by atoms with E-state index in [1.165, 1.54) is 26.4 Å². The highest BCUT2D eigenvalue weighted by molar-refractivity contribution is 5.49. The number of aromatic amines is 1. The Morgan fingerprint density at radius 3 is 2.82 bits per heavy atom. The predicted molar refractivity (Wildman–Crippen MR) is 57.1 cm³/mol. The highest BCUT2D eigenvalue weighted by atomic mass is 19.1. The summed E-state index contributed by atoms with van der Waals surface area (Å²) < 4.78 is 18.0. The third-order valence-corrected chi connectivity index (χ3v) is 2.12. The first-order valence-electron chi connectivity index (χ1n) is 4.74. The summed E-state index contributed by atoms with van der Waals surface area (Å²) in [5.74, 6) is -0.385. The molecule has 0 atom stereocenters. The number of aryl methyl sites for hydroxylation is 1. The minimum absolute atomic E-state index is 0.0151. The van der Waals surface area contributed by atoms with Crippen molar-refractivity contribution in [2.45, 2.75) is 6.92 Å². The van der Waals surface area contributed by atoms with Crippen LogP contribution in [0.15, 0.2) is 17.2 Å². The lowest BCUT2D eigenvalue weighted by atomic mass is 10.3. The molecule has 0 amide bonds. The number of nitrogens with one attached hydrogen (secondary N) is 1. The molecule has 2 aromatic rings. The topological polar surface area (TPSA) is 80.8 Å². The van der Waals surface area contributed by atoms with Crippen molar-refractivity contribution in [3.63, 3.8) is 0 Å². The minimum atomic E-state index is -0.894. The van der Waals surface area contributed by atoms with E-state index in [1.807, 2.05) is 0 Å². The first kappa shape index (κ1) is 11.2. The summed E-state index contributed by atoms with van der Waals surface area (Å²) in [7, 11) is 1.46. The zero-order chi connectivity index (χ0) is 12.4. The summed E-state index contributed by atoms with van der Waals surface area (Å²) in [4.78, 5) is 25.2. The summed E-state index contributed by atoms with van der Waals surface area (Å²) in [6, 6.07) is 1.50. The van der Waals surface area contributed by atoms with E-state index in [4.69, 9.17) is 4.74 Å². The van der Waals surface area contributed by atoms with E-state index in [9.17, 15) is 9.18 Å². The Labute approximate surface area is 95.5 Å². The van der Waals surface area contributed by atoms with E-state index >= 15 is 0 Å². The Morgan fingerprint density at radius 1 is 1.41 bits per heavy atom. The van der Waals surface area contributed by atoms with Crippen LogP contribution >= 0.6 is 0 Å². The number of ether oxygens (including phenoxy) is 1. The number of methoxy groups -OCH3 is 1. The van der Waals surface area contributed by atoms with Gasteiger partial charge >= 0.3 is 0 Å². The van der Waals surface area contributed by atoms with Gasteiger partial charge in [-0.05, 0) is 6.92 Å². The molecule has 2 rings (SSSR count). The van der Waals surface area contributed by atoms with Crippen molar-refractivity contribution in [3.8, 4) is 17.4 Å². The number of hydrogen-bond acceptors (Lipinski definition) is 5. The van der Waals surface area contributed by atoms with Gasteiger partial charge in [-0.25, -0.2) is 15.0 Å². The van der Waals surface area contributed by atoms with Gasteiger partial charge in [0, 0.05) is 6.07 Å². The maximum Gasteiger partial charge on any atom is 0.287 e. The molecule has 0 fully saturated rings. The normalized spacial score (nSPS) is 10.3. The first-order valence-corrected chi connectivity index (χ1v) is 4.74. The second-order valence-corrected chi connectivity index (χ2v) is 3.26. The molecule has 0 unspecified atom stereocenters. The lowest BCUT2D eigenvalue weighted by molar-refractivity contribution is 0.397. The Bertz CT molecular complexity index is 611. The summed E-state index contributed by atoms with van der Waals surface area (Å²) in [6.45, 7) is 1.41. The van der Waals surface area contributed by atoms with Crippen LogP contribution in [0.5, 0.6) is 5.88 Å². The highest BCUT2D eigenvalue weighted by Gasteiger charge is 2.10. The Kier molecular flexibility index (Phi) is 2.82. The zero-order valence-corrected chi connectivity index (χ0v) is 9.19. The van der Waals surface area contributed by atoms with Gasteiger partial charge in [-0.3, -0.25) is 4.79 Å². The van der Waals surface area contributed by atoms with E-state index in [-0.39, 0.29) is 11.5 Å². The van der Waals surface area contributed by atoms with Gasteiger partial charge in [0.25, 0.3) is 5.56 Å². The van der Waals surface area contributed by atoms with Gasteiger partial charge < -0.3 is 9.72 Å². The Morgan fingerprint density at radius 2 is 2.18 bits per heavy atom. The molecule has 1 N–H and O–H groups in total. The van der Waals surface area contributed by atoms with Gasteiger partial charge in [-0.15, -0.1) is 0 Å². The predicted octanol–water partition coefficient (Wildman–Crippen LogP) is 0.683. The van der Waals surface area contributed by atoms with Gasteiger partial charge in [0.05, 0.1) is 12.8 Å². The number of hydrogen-bond donors (Lipinski definition) is 1. The van der Waals surface area contributed by atoms with Crippen molar-refractivity contribution in [2.24, 2.45) is 0 Å². The number of H-pyrrole nitrogens is 1. The van der Waals surface area contributed by atoms with Crippen molar-refractivity contribution in [2.75, 3.05) is 7.11 Å². The van der Waals surface area contributed by atoms with Gasteiger partial charge in [0.1, 0.15) is 12.0 Å². The maximum atomic E-state index is 13.1. The molecule has 0 saturated heterocycles. The van der Waals surface area contributed by atoms with Gasteiger partial charge in [0.2, 0.25) is 11.7 Å². The van der Waals surface area contributed by atoms with Crippen LogP contribution in [-0.2, 0) is 0 Å². The third-order valence-electron chi connectivity index (χ3n) is 2.12. The van der Waals surface area contributed by atoms with Crippen molar-refractivity contribution >= 4 is 0 Å². The Hall–Kier alpha value is -2.31. The smallest absolute Gasteiger partial charge is 0.287 e. The van der Waals surface area contributed by atoms with E-state index in [0.717, 1.165) is 0 Å². The van der Waals surface area contributed by atoms with E-state index in [0.29, 0.717) is 11.6 Å². The number of rotatable bonds is 2. The molecule has 2 heterocycles. The minimum Gasteiger partial charge on any atom is -0.481 e. The van der Waals surface area contributed by atoms with Crippen LogP contribution in [-0.4, -0.2) is 27.0 Å². The molecule has 17 heavy (non-hydrogen) atoms. The van der Waals surface area contributed by atoms with Crippen LogP contribution in [0.25, 0.3) is 11.5 Å². The van der Waals surface area contributed by atoms with E-state index in [1.54, 1.807) is 0 Å². The lowest BCUT2D eigenvalue weighted by Gasteiger charge is -2.03. The molecule has 0 radical (unpaired) electrons. The second-order valence-electron chi connectivity index (χ2n) is 3.26. The average Bonchev–Trinajstić information content (AvgIpc) is 2.35. The lowest BCUT2D eigenvalue weighted by Crippen LogP contribution is -2.15. The fourth-order valence-electron chi connectivity index (χ4n) is 1.27. The highest BCUT2D eigenvalue weighted by Crippen LogP contribution is 2.15. The molecule has 0 aliphatic heterocycles. The van der Waals surface area contributed by atoms with Crippen molar-refractivity contribution in [3.05, 3.63) is 34.3 Å². The van der Waals surface area contributed by atoms with Crippen LogP contribution in [0.4, 0.5) is 4.39 Å². The molecule has 0 saturated carbocycles. The van der Waals surface area contributed by atoms with Crippen LogP contribution in [0.3, 0.4) is 0 Å². The quantitative estimate of drug-likeness (QED) is 0.829. The van der Waals surface area contributed by atoms with Crippen molar-refractivity contribution in [1.29, 1.82) is 0 Å². The van der Waals surface area contributed by atoms with Crippen LogP contribution in [0.1, 0.15) is 5.69 Å². The van der Waals surface area contributed by atoms with Crippen LogP contribution < -0.4 is 10.3 Å². The molecule has 0 spiro atoms. The molecule has 0 aromatic carbocycles. The summed E-state index contributed by atoms with van der Waals surface area (Å²) >= 11 is 0. The van der Waals surface area contributed by atoms with Crippen molar-refractivity contribution < 1.29 is 9.13 Å². The van der Waals surface area contributed by atoms with Gasteiger partial charge in [-0.2, -0.15) is 4.39 Å². The van der Waals surface area contributed by atoms with Crippen LogP contribution in [0, 0.1) is 12.7 Å². The number of nitrogens with zero attached hydrogens (tertiary/aromatic N) is 3. The molecule has 2 aromatic heterocycles. The summed E-state index contributed by atoms with van der Waals surface area (Å²) in [6.07, 6.45) is 1.27. The van der Waals surface area contributed by atoms with Crippen LogP contribution in [0.2, 0.25) is 0 Å². The Balaban J connectivity index is 2.56. The third kappa shape index (κ3) is 2.12. The first-order chi connectivity index (χ1) is 8.11. The monoisotopic (exact) mass is 236 g/mol. The summed E-state index contributed by atoms with van der Waals surface area (Å²) in [5, 5.41) is 0. The van der Waals surface area contributed by atoms with E-state index < -0.39 is 11.4 Å². The standard InChI is InChI=1S/C10H9FN4O2/c1-5-8(11)10(16)15-9(14-5)6-3-7(17-2)13-4-12-6/h3-4H,1-2H3,(H,14,15,16). The fourth-order valence-corrected chi connectivity index (χ4v) is 1.27. The molecule has 88 valence electrons. The fraction of sp³-hybridized carbons (Fsp3) is 0.200. The number of aromatic nitrogens is 4. The molecule has 0 aliphatic rings. The SMILES string of the molecule is COc1cc(-c2nc(C)c(F)c(=O)[nH]2)ncn1.